The van der Waals surface area contributed by atoms with Crippen molar-refractivity contribution in [3.63, 3.8) is 0 Å². The Balaban J connectivity index is 2.02. The van der Waals surface area contributed by atoms with E-state index >= 15 is 0 Å². The van der Waals surface area contributed by atoms with Gasteiger partial charge in [-0.25, -0.2) is 0 Å². The molecule has 0 unspecified atom stereocenters. The lowest BCUT2D eigenvalue weighted by Gasteiger charge is -2.07. The SMILES string of the molecule is CCCCOCCn1ccc2c(CCN)cccc21. The van der Waals surface area contributed by atoms with Crippen molar-refractivity contribution in [3.8, 4) is 0 Å². The van der Waals surface area contributed by atoms with Crippen LogP contribution >= 0.6 is 0 Å². The second-order valence-electron chi connectivity index (χ2n) is 4.86. The molecule has 19 heavy (non-hydrogen) atoms. The number of nitrogens with two attached hydrogens (primary N) is 1. The summed E-state index contributed by atoms with van der Waals surface area (Å²) in [6, 6.07) is 8.63. The lowest BCUT2D eigenvalue weighted by Crippen LogP contribution is -2.06. The summed E-state index contributed by atoms with van der Waals surface area (Å²) in [5.41, 5.74) is 8.28. The molecule has 0 amide bonds. The van der Waals surface area contributed by atoms with Gasteiger partial charge in [-0.05, 0) is 37.1 Å². The molecule has 0 fully saturated rings. The summed E-state index contributed by atoms with van der Waals surface area (Å²) in [5.74, 6) is 0. The van der Waals surface area contributed by atoms with Gasteiger partial charge in [0.1, 0.15) is 0 Å². The number of unbranched alkanes of at least 4 members (excludes halogenated alkanes) is 1. The Morgan fingerprint density at radius 3 is 2.89 bits per heavy atom. The van der Waals surface area contributed by atoms with Gasteiger partial charge in [0.05, 0.1) is 6.61 Å². The smallest absolute Gasteiger partial charge is 0.0645 e. The maximum atomic E-state index is 5.66. The number of benzene rings is 1. The predicted molar refractivity (Wildman–Crippen MR) is 80.4 cm³/mol. The molecule has 0 radical (unpaired) electrons. The molecule has 0 atom stereocenters. The van der Waals surface area contributed by atoms with Gasteiger partial charge in [-0.1, -0.05) is 25.5 Å². The van der Waals surface area contributed by atoms with E-state index in [0.717, 1.165) is 32.6 Å². The van der Waals surface area contributed by atoms with E-state index in [9.17, 15) is 0 Å². The highest BCUT2D eigenvalue weighted by Crippen LogP contribution is 2.20. The van der Waals surface area contributed by atoms with E-state index in [0.29, 0.717) is 6.54 Å². The maximum Gasteiger partial charge on any atom is 0.0645 e. The van der Waals surface area contributed by atoms with E-state index in [1.165, 1.54) is 22.9 Å². The highest BCUT2D eigenvalue weighted by atomic mass is 16.5. The van der Waals surface area contributed by atoms with Gasteiger partial charge in [0.25, 0.3) is 0 Å². The van der Waals surface area contributed by atoms with Crippen molar-refractivity contribution in [1.82, 2.24) is 4.57 Å². The van der Waals surface area contributed by atoms with Gasteiger partial charge in [0, 0.05) is 30.3 Å². The van der Waals surface area contributed by atoms with Gasteiger partial charge in [0.2, 0.25) is 0 Å². The molecular weight excluding hydrogens is 236 g/mol. The minimum Gasteiger partial charge on any atom is -0.380 e. The minimum atomic E-state index is 0.699. The van der Waals surface area contributed by atoms with Gasteiger partial charge < -0.3 is 15.0 Å². The summed E-state index contributed by atoms with van der Waals surface area (Å²) in [6.45, 7) is 5.45. The van der Waals surface area contributed by atoms with Crippen molar-refractivity contribution < 1.29 is 4.74 Å². The van der Waals surface area contributed by atoms with Crippen LogP contribution < -0.4 is 5.73 Å². The molecule has 0 aliphatic carbocycles. The molecule has 0 aliphatic heterocycles. The average Bonchev–Trinajstić information content (AvgIpc) is 2.83. The van der Waals surface area contributed by atoms with Gasteiger partial charge in [-0.15, -0.1) is 0 Å². The fourth-order valence-electron chi connectivity index (χ4n) is 2.37. The highest BCUT2D eigenvalue weighted by Gasteiger charge is 2.04. The number of hydrogen-bond donors (Lipinski definition) is 1. The Morgan fingerprint density at radius 2 is 2.11 bits per heavy atom. The van der Waals surface area contributed by atoms with Gasteiger partial charge in [-0.2, -0.15) is 0 Å². The van der Waals surface area contributed by atoms with E-state index in [4.69, 9.17) is 10.5 Å². The van der Waals surface area contributed by atoms with Crippen LogP contribution in [0.15, 0.2) is 30.5 Å². The van der Waals surface area contributed by atoms with Crippen LogP contribution in [0, 0.1) is 0 Å². The van der Waals surface area contributed by atoms with E-state index in [1.807, 2.05) is 0 Å². The zero-order chi connectivity index (χ0) is 13.5. The van der Waals surface area contributed by atoms with Crippen molar-refractivity contribution in [3.05, 3.63) is 36.0 Å². The zero-order valence-corrected chi connectivity index (χ0v) is 11.8. The first kappa shape index (κ1) is 14.1. The molecule has 0 spiro atoms. The molecule has 0 aliphatic rings. The predicted octanol–water partition coefficient (Wildman–Crippen LogP) is 2.96. The lowest BCUT2D eigenvalue weighted by atomic mass is 10.1. The largest absolute Gasteiger partial charge is 0.380 e. The van der Waals surface area contributed by atoms with Crippen molar-refractivity contribution in [1.29, 1.82) is 0 Å². The second kappa shape index (κ2) is 7.31. The molecule has 2 aromatic rings. The third-order valence-electron chi connectivity index (χ3n) is 3.44. The van der Waals surface area contributed by atoms with E-state index in [1.54, 1.807) is 0 Å². The molecule has 1 aromatic carbocycles. The van der Waals surface area contributed by atoms with Crippen LogP contribution in [0.2, 0.25) is 0 Å². The molecule has 3 heteroatoms. The second-order valence-corrected chi connectivity index (χ2v) is 4.86. The van der Waals surface area contributed by atoms with Crippen LogP contribution in [-0.4, -0.2) is 24.3 Å². The van der Waals surface area contributed by atoms with Crippen LogP contribution in [0.1, 0.15) is 25.3 Å². The first-order chi connectivity index (χ1) is 9.36. The normalized spacial score (nSPS) is 11.3. The number of rotatable bonds is 8. The van der Waals surface area contributed by atoms with Gasteiger partial charge in [0.15, 0.2) is 0 Å². The average molecular weight is 260 g/mol. The lowest BCUT2D eigenvalue weighted by molar-refractivity contribution is 0.124. The Kier molecular flexibility index (Phi) is 5.43. The molecule has 2 rings (SSSR count). The number of aromatic nitrogens is 1. The van der Waals surface area contributed by atoms with Crippen LogP contribution in [-0.2, 0) is 17.7 Å². The summed E-state index contributed by atoms with van der Waals surface area (Å²) in [6.07, 6.45) is 5.42. The number of nitrogens with zero attached hydrogens (tertiary/aromatic N) is 1. The third-order valence-corrected chi connectivity index (χ3v) is 3.44. The highest BCUT2D eigenvalue weighted by molar-refractivity contribution is 5.83. The summed E-state index contributed by atoms with van der Waals surface area (Å²) < 4.78 is 7.90. The Labute approximate surface area is 115 Å². The molecule has 3 nitrogen and oxygen atoms in total. The maximum absolute atomic E-state index is 5.66. The van der Waals surface area contributed by atoms with Crippen LogP contribution in [0.5, 0.6) is 0 Å². The summed E-state index contributed by atoms with van der Waals surface area (Å²) >= 11 is 0. The molecule has 1 aromatic heterocycles. The number of fused-ring (bicyclic) bond motifs is 1. The van der Waals surface area contributed by atoms with E-state index < -0.39 is 0 Å². The van der Waals surface area contributed by atoms with Crippen molar-refractivity contribution >= 4 is 10.9 Å². The molecular formula is C16H24N2O. The Bertz CT molecular complexity index is 504. The summed E-state index contributed by atoms with van der Waals surface area (Å²) in [5, 5.41) is 1.32. The number of ether oxygens (including phenoxy) is 1. The first-order valence-electron chi connectivity index (χ1n) is 7.21. The van der Waals surface area contributed by atoms with Crippen molar-refractivity contribution in [2.75, 3.05) is 19.8 Å². The molecule has 0 saturated heterocycles. The fourth-order valence-corrected chi connectivity index (χ4v) is 2.37. The van der Waals surface area contributed by atoms with E-state index in [2.05, 4.69) is 42.0 Å². The van der Waals surface area contributed by atoms with Gasteiger partial charge in [-0.3, -0.25) is 0 Å². The monoisotopic (exact) mass is 260 g/mol. The molecule has 104 valence electrons. The molecule has 1 heterocycles. The Morgan fingerprint density at radius 1 is 1.21 bits per heavy atom. The van der Waals surface area contributed by atoms with Crippen LogP contribution in [0.3, 0.4) is 0 Å². The van der Waals surface area contributed by atoms with Gasteiger partial charge >= 0.3 is 0 Å². The first-order valence-corrected chi connectivity index (χ1v) is 7.21. The summed E-state index contributed by atoms with van der Waals surface area (Å²) in [7, 11) is 0. The fraction of sp³-hybridized carbons (Fsp3) is 0.500. The Hall–Kier alpha value is -1.32. The number of hydrogen-bond acceptors (Lipinski definition) is 2. The van der Waals surface area contributed by atoms with Crippen molar-refractivity contribution in [2.24, 2.45) is 5.73 Å². The molecule has 0 saturated carbocycles. The van der Waals surface area contributed by atoms with E-state index in [-0.39, 0.29) is 0 Å². The zero-order valence-electron chi connectivity index (χ0n) is 11.8. The summed E-state index contributed by atoms with van der Waals surface area (Å²) in [4.78, 5) is 0. The quantitative estimate of drug-likeness (QED) is 0.741. The molecule has 0 bridgehead atoms. The topological polar surface area (TPSA) is 40.2 Å². The van der Waals surface area contributed by atoms with Crippen molar-refractivity contribution in [2.45, 2.75) is 32.7 Å². The standard InChI is InChI=1S/C16H24N2O/c1-2-3-12-19-13-11-18-10-8-15-14(7-9-17)5-4-6-16(15)18/h4-6,8,10H,2-3,7,9,11-13,17H2,1H3. The van der Waals surface area contributed by atoms with Crippen LogP contribution in [0.4, 0.5) is 0 Å². The third kappa shape index (κ3) is 3.58. The minimum absolute atomic E-state index is 0.699. The molecule has 2 N–H and O–H groups in total. The van der Waals surface area contributed by atoms with Crippen LogP contribution in [0.25, 0.3) is 10.9 Å².